The largest absolute Gasteiger partial charge is 0.404 e. The molecular weight excluding hydrogens is 154 g/mol. The summed E-state index contributed by atoms with van der Waals surface area (Å²) in [5.74, 6) is 0. The molecule has 0 aliphatic heterocycles. The summed E-state index contributed by atoms with van der Waals surface area (Å²) in [5, 5.41) is 0. The lowest BCUT2D eigenvalue weighted by atomic mass is 10.3. The monoisotopic (exact) mass is 162 g/mol. The van der Waals surface area contributed by atoms with Crippen LogP contribution in [0.4, 0.5) is 8.78 Å². The van der Waals surface area contributed by atoms with E-state index in [9.17, 15) is 13.6 Å². The van der Waals surface area contributed by atoms with Crippen LogP contribution in [-0.4, -0.2) is 25.5 Å². The third-order valence-corrected chi connectivity index (χ3v) is 0.812. The van der Waals surface area contributed by atoms with Gasteiger partial charge in [-0.3, -0.25) is 9.79 Å². The van der Waals surface area contributed by atoms with Crippen LogP contribution in [0.1, 0.15) is 0 Å². The maximum absolute atomic E-state index is 11.4. The molecule has 2 N–H and O–H groups in total. The van der Waals surface area contributed by atoms with Crippen LogP contribution in [-0.2, 0) is 4.79 Å². The highest BCUT2D eigenvalue weighted by atomic mass is 19.3. The van der Waals surface area contributed by atoms with Gasteiger partial charge in [-0.05, 0) is 0 Å². The van der Waals surface area contributed by atoms with Crippen molar-refractivity contribution in [3.63, 3.8) is 0 Å². The van der Waals surface area contributed by atoms with E-state index in [0.717, 1.165) is 12.4 Å². The predicted octanol–water partition coefficient (Wildman–Crippen LogP) is 0.364. The van der Waals surface area contributed by atoms with Crippen molar-refractivity contribution in [3.05, 3.63) is 11.8 Å². The molecule has 5 heteroatoms. The smallest absolute Gasteiger partial charge is 0.257 e. The van der Waals surface area contributed by atoms with Crippen LogP contribution in [0.2, 0.25) is 0 Å². The molecule has 0 aromatic rings. The van der Waals surface area contributed by atoms with Gasteiger partial charge in [0, 0.05) is 18.0 Å². The van der Waals surface area contributed by atoms with Gasteiger partial charge in [-0.1, -0.05) is 0 Å². The first-order valence-corrected chi connectivity index (χ1v) is 2.85. The number of hydrogen-bond donors (Lipinski definition) is 1. The number of alkyl halides is 2. The van der Waals surface area contributed by atoms with Gasteiger partial charge in [0.25, 0.3) is 6.43 Å². The second-order valence-corrected chi connectivity index (χ2v) is 1.67. The Bertz CT molecular complexity index is 177. The molecule has 0 aliphatic rings. The molecule has 62 valence electrons. The Morgan fingerprint density at radius 3 is 2.64 bits per heavy atom. The van der Waals surface area contributed by atoms with Crippen molar-refractivity contribution >= 4 is 12.5 Å². The van der Waals surface area contributed by atoms with Crippen LogP contribution in [0.5, 0.6) is 0 Å². The van der Waals surface area contributed by atoms with E-state index < -0.39 is 13.0 Å². The Labute approximate surface area is 62.6 Å². The number of nitrogens with two attached hydrogens (primary N) is 1. The third kappa shape index (κ3) is 5.20. The minimum atomic E-state index is -2.49. The molecule has 0 aromatic carbocycles. The average Bonchev–Trinajstić information content (AvgIpc) is 1.98. The highest BCUT2D eigenvalue weighted by Crippen LogP contribution is 1.91. The number of nitrogens with zero attached hydrogens (tertiary/aromatic N) is 1. The van der Waals surface area contributed by atoms with Crippen molar-refractivity contribution in [1.82, 2.24) is 0 Å². The summed E-state index contributed by atoms with van der Waals surface area (Å²) in [6, 6.07) is 0. The van der Waals surface area contributed by atoms with Gasteiger partial charge < -0.3 is 5.73 Å². The molecule has 0 unspecified atom stereocenters. The highest BCUT2D eigenvalue weighted by molar-refractivity contribution is 6.01. The van der Waals surface area contributed by atoms with Crippen molar-refractivity contribution in [2.45, 2.75) is 6.43 Å². The van der Waals surface area contributed by atoms with Crippen molar-refractivity contribution in [2.24, 2.45) is 10.7 Å². The van der Waals surface area contributed by atoms with Gasteiger partial charge in [0.2, 0.25) is 0 Å². The molecule has 0 heterocycles. The van der Waals surface area contributed by atoms with Gasteiger partial charge in [0.15, 0.2) is 6.29 Å². The molecule has 0 fully saturated rings. The van der Waals surface area contributed by atoms with E-state index >= 15 is 0 Å². The van der Waals surface area contributed by atoms with Gasteiger partial charge in [-0.2, -0.15) is 0 Å². The number of allylic oxidation sites excluding steroid dienone is 1. The van der Waals surface area contributed by atoms with Gasteiger partial charge in [0.05, 0.1) is 6.54 Å². The second kappa shape index (κ2) is 5.52. The Hall–Kier alpha value is -1.26. The number of rotatable bonds is 4. The third-order valence-electron chi connectivity index (χ3n) is 0.812. The molecule has 0 radical (unpaired) electrons. The molecule has 0 rings (SSSR count). The Morgan fingerprint density at radius 1 is 1.64 bits per heavy atom. The number of carbonyl (C=O) groups is 1. The van der Waals surface area contributed by atoms with E-state index in [4.69, 9.17) is 5.73 Å². The molecule has 0 spiro atoms. The number of aliphatic imine (C=N–C) groups is 1. The van der Waals surface area contributed by atoms with Crippen molar-refractivity contribution in [3.8, 4) is 0 Å². The van der Waals surface area contributed by atoms with E-state index in [-0.39, 0.29) is 5.57 Å². The zero-order valence-electron chi connectivity index (χ0n) is 5.71. The molecule has 3 nitrogen and oxygen atoms in total. The maximum Gasteiger partial charge on any atom is 0.257 e. The maximum atomic E-state index is 11.4. The van der Waals surface area contributed by atoms with E-state index in [1.165, 1.54) is 0 Å². The molecule has 11 heavy (non-hydrogen) atoms. The molecule has 0 aromatic heterocycles. The van der Waals surface area contributed by atoms with E-state index in [1.807, 2.05) is 0 Å². The Kier molecular flexibility index (Phi) is 4.89. The summed E-state index contributed by atoms with van der Waals surface area (Å²) in [6.07, 6.45) is -0.0345. The summed E-state index contributed by atoms with van der Waals surface area (Å²) in [6.45, 7) is -0.606. The lowest BCUT2D eigenvalue weighted by Gasteiger charge is -1.89. The molecule has 0 bridgehead atoms. The lowest BCUT2D eigenvalue weighted by Crippen LogP contribution is -1.98. The minimum Gasteiger partial charge on any atom is -0.404 e. The fourth-order valence-electron chi connectivity index (χ4n) is 0.351. The molecule has 0 aliphatic carbocycles. The van der Waals surface area contributed by atoms with E-state index in [1.54, 1.807) is 0 Å². The standard InChI is InChI=1S/C6H8F2N2O/c7-6(8)3-10-2-5(1-9)4-11/h1-2,4,6H,3,9H2. The highest BCUT2D eigenvalue weighted by Gasteiger charge is 1.97. The summed E-state index contributed by atoms with van der Waals surface area (Å²) in [5.41, 5.74) is 5.02. The quantitative estimate of drug-likeness (QED) is 0.368. The van der Waals surface area contributed by atoms with Crippen molar-refractivity contribution < 1.29 is 13.6 Å². The topological polar surface area (TPSA) is 55.5 Å². The van der Waals surface area contributed by atoms with Crippen LogP contribution < -0.4 is 5.73 Å². The normalized spacial score (nSPS) is 12.8. The number of halogens is 2. The van der Waals surface area contributed by atoms with Crippen LogP contribution in [0.15, 0.2) is 16.8 Å². The molecule has 0 atom stereocenters. The summed E-state index contributed by atoms with van der Waals surface area (Å²) in [7, 11) is 0. The summed E-state index contributed by atoms with van der Waals surface area (Å²) in [4.78, 5) is 13.2. The lowest BCUT2D eigenvalue weighted by molar-refractivity contribution is -0.104. The van der Waals surface area contributed by atoms with Gasteiger partial charge >= 0.3 is 0 Å². The number of aldehydes is 1. The second-order valence-electron chi connectivity index (χ2n) is 1.67. The Morgan fingerprint density at radius 2 is 2.27 bits per heavy atom. The van der Waals surface area contributed by atoms with Gasteiger partial charge in [-0.25, -0.2) is 8.78 Å². The SMILES string of the molecule is NC=C(C=O)C=NCC(F)F. The van der Waals surface area contributed by atoms with E-state index in [0.29, 0.717) is 6.29 Å². The van der Waals surface area contributed by atoms with Crippen molar-refractivity contribution in [1.29, 1.82) is 0 Å². The van der Waals surface area contributed by atoms with Crippen molar-refractivity contribution in [2.75, 3.05) is 6.54 Å². The predicted molar refractivity (Wildman–Crippen MR) is 37.7 cm³/mol. The Balaban J connectivity index is 3.81. The zero-order valence-corrected chi connectivity index (χ0v) is 5.71. The molecule has 0 saturated heterocycles. The first kappa shape index (κ1) is 9.74. The summed E-state index contributed by atoms with van der Waals surface area (Å²) < 4.78 is 22.9. The van der Waals surface area contributed by atoms with E-state index in [2.05, 4.69) is 4.99 Å². The first-order chi connectivity index (χ1) is 5.20. The fraction of sp³-hybridized carbons (Fsp3) is 0.333. The minimum absolute atomic E-state index is 0.0886. The summed E-state index contributed by atoms with van der Waals surface area (Å²) >= 11 is 0. The van der Waals surface area contributed by atoms with Crippen LogP contribution in [0.25, 0.3) is 0 Å². The zero-order chi connectivity index (χ0) is 8.69. The number of carbonyl (C=O) groups excluding carboxylic acids is 1. The van der Waals surface area contributed by atoms with Gasteiger partial charge in [-0.15, -0.1) is 0 Å². The fourth-order valence-corrected chi connectivity index (χ4v) is 0.351. The van der Waals surface area contributed by atoms with Crippen LogP contribution in [0, 0.1) is 0 Å². The average molecular weight is 162 g/mol. The molecule has 0 saturated carbocycles. The van der Waals surface area contributed by atoms with Crippen LogP contribution >= 0.6 is 0 Å². The number of hydrogen-bond acceptors (Lipinski definition) is 3. The molecular formula is C6H8F2N2O. The van der Waals surface area contributed by atoms with Gasteiger partial charge in [0.1, 0.15) is 0 Å². The first-order valence-electron chi connectivity index (χ1n) is 2.85. The molecule has 0 amide bonds. The van der Waals surface area contributed by atoms with Crippen LogP contribution in [0.3, 0.4) is 0 Å².